The zero-order valence-electron chi connectivity index (χ0n) is 29.0. The van der Waals surface area contributed by atoms with Crippen LogP contribution >= 0.6 is 11.6 Å². The van der Waals surface area contributed by atoms with E-state index in [1.54, 1.807) is 7.11 Å². The Kier molecular flexibility index (Phi) is 8.51. The maximum Gasteiger partial charge on any atom is 0.410 e. The van der Waals surface area contributed by atoms with Gasteiger partial charge >= 0.3 is 12.1 Å². The summed E-state index contributed by atoms with van der Waals surface area (Å²) in [5.41, 5.74) is 3.98. The highest BCUT2D eigenvalue weighted by atomic mass is 35.5. The van der Waals surface area contributed by atoms with Crippen molar-refractivity contribution in [3.05, 3.63) is 35.0 Å². The van der Waals surface area contributed by atoms with Crippen LogP contribution in [-0.4, -0.2) is 101 Å². The number of nitrogens with zero attached hydrogens (tertiary/aromatic N) is 6. The van der Waals surface area contributed by atoms with Gasteiger partial charge in [0.05, 0.1) is 23.1 Å². The molecule has 0 spiro atoms. The molecule has 0 N–H and O–H groups in total. The van der Waals surface area contributed by atoms with Crippen molar-refractivity contribution in [2.24, 2.45) is 0 Å². The average Bonchev–Trinajstić information content (AvgIpc) is 3.60. The Morgan fingerprint density at radius 2 is 1.73 bits per heavy atom. The number of benzene rings is 1. The highest BCUT2D eigenvalue weighted by molar-refractivity contribution is 6.32. The number of methoxy groups -OCH3 is 1. The van der Waals surface area contributed by atoms with Crippen molar-refractivity contribution in [1.29, 1.82) is 0 Å². The molecule has 1 saturated carbocycles. The number of hydrogen-bond acceptors (Lipinski definition) is 10. The number of hydrogen-bond donors (Lipinski definition) is 0. The van der Waals surface area contributed by atoms with E-state index in [-0.39, 0.29) is 30.5 Å². The van der Waals surface area contributed by atoms with Crippen LogP contribution in [0.25, 0.3) is 22.2 Å². The quantitative estimate of drug-likeness (QED) is 0.223. The van der Waals surface area contributed by atoms with Gasteiger partial charge < -0.3 is 23.8 Å². The van der Waals surface area contributed by atoms with Crippen molar-refractivity contribution < 1.29 is 23.7 Å². The highest BCUT2D eigenvalue weighted by Crippen LogP contribution is 2.49. The molecule has 4 aliphatic heterocycles. The molecule has 6 heterocycles. The summed E-state index contributed by atoms with van der Waals surface area (Å²) in [4.78, 5) is 35.1. The van der Waals surface area contributed by atoms with Gasteiger partial charge in [0.1, 0.15) is 23.5 Å². The van der Waals surface area contributed by atoms with Gasteiger partial charge in [0.2, 0.25) is 0 Å². The maximum atomic E-state index is 13.2. The zero-order valence-corrected chi connectivity index (χ0v) is 29.8. The van der Waals surface area contributed by atoms with E-state index in [0.717, 1.165) is 74.1 Å². The average molecular weight is 691 g/mol. The topological polar surface area (TPSA) is 102 Å². The molecule has 49 heavy (non-hydrogen) atoms. The number of piperazine rings is 1. The summed E-state index contributed by atoms with van der Waals surface area (Å²) >= 11 is 6.88. The molecule has 1 amide bonds. The molecule has 4 saturated heterocycles. The van der Waals surface area contributed by atoms with Crippen LogP contribution in [0.15, 0.2) is 24.4 Å². The number of amides is 1. The van der Waals surface area contributed by atoms with E-state index in [1.807, 2.05) is 44.0 Å². The summed E-state index contributed by atoms with van der Waals surface area (Å²) in [5.74, 6) is 1.80. The molecule has 262 valence electrons. The minimum atomic E-state index is -0.545. The predicted molar refractivity (Wildman–Crippen MR) is 188 cm³/mol. The Hall–Kier alpha value is -3.41. The van der Waals surface area contributed by atoms with E-state index in [4.69, 9.17) is 45.5 Å². The number of ether oxygens (including phenoxy) is 4. The molecule has 5 aliphatic rings. The van der Waals surface area contributed by atoms with Crippen LogP contribution in [0.2, 0.25) is 5.02 Å². The van der Waals surface area contributed by atoms with Crippen molar-refractivity contribution in [3.8, 4) is 22.9 Å². The standard InChI is InChI=1S/C37H47ClN6O5/c1-36(2,3)49-35(45)44-25-9-10-26(44)20-42(19-25)33-32-30(40-34(41-33)47-21-37-11-5-13-43(37)14-6-12-37)15-24(18-39-32)28-16-27(48-22-46-4)17-29(38)31(28)23-7-8-23/h15-18,23,25-26H,5-14,19-22H2,1-4H3/t25-,26+. The Balaban J connectivity index is 1.16. The SMILES string of the molecule is COCOc1cc(Cl)c(C2CC2)c(-c2cnc3c(N4C[C@H]5CC[C@@H](C4)N5C(=O)OC(C)(C)C)nc(OCC45CCCN4CCC5)nc3c2)c1. The van der Waals surface area contributed by atoms with E-state index in [0.29, 0.717) is 53.4 Å². The Labute approximate surface area is 293 Å². The molecule has 3 aromatic rings. The summed E-state index contributed by atoms with van der Waals surface area (Å²) in [5, 5.41) is 0.689. The minimum absolute atomic E-state index is 0.0322. The van der Waals surface area contributed by atoms with E-state index in [1.165, 1.54) is 12.8 Å². The summed E-state index contributed by atoms with van der Waals surface area (Å²) < 4.78 is 23.4. The number of pyridine rings is 1. The summed E-state index contributed by atoms with van der Waals surface area (Å²) in [6.07, 6.45) is 10.4. The van der Waals surface area contributed by atoms with Crippen LogP contribution in [0, 0.1) is 0 Å². The number of carbonyl (C=O) groups excluding carboxylic acids is 1. The second kappa shape index (κ2) is 12.7. The van der Waals surface area contributed by atoms with Gasteiger partial charge in [0, 0.05) is 37.0 Å². The number of carbonyl (C=O) groups is 1. The molecule has 5 fully saturated rings. The third-order valence-electron chi connectivity index (χ3n) is 10.9. The fourth-order valence-corrected chi connectivity index (χ4v) is 8.96. The second-order valence-electron chi connectivity index (χ2n) is 15.5. The monoisotopic (exact) mass is 690 g/mol. The van der Waals surface area contributed by atoms with Gasteiger partial charge in [-0.05, 0) is 120 Å². The van der Waals surface area contributed by atoms with E-state index >= 15 is 0 Å². The zero-order chi connectivity index (χ0) is 33.9. The third kappa shape index (κ3) is 6.38. The Morgan fingerprint density at radius 1 is 1.00 bits per heavy atom. The summed E-state index contributed by atoms with van der Waals surface area (Å²) in [6.45, 7) is 9.99. The first-order valence-corrected chi connectivity index (χ1v) is 18.3. The second-order valence-corrected chi connectivity index (χ2v) is 15.9. The lowest BCUT2D eigenvalue weighted by Crippen LogP contribution is -2.57. The first-order chi connectivity index (χ1) is 23.6. The third-order valence-corrected chi connectivity index (χ3v) is 11.2. The molecule has 1 aromatic carbocycles. The van der Waals surface area contributed by atoms with E-state index in [9.17, 15) is 4.79 Å². The molecule has 2 bridgehead atoms. The lowest BCUT2D eigenvalue weighted by molar-refractivity contribution is 0.0122. The smallest absolute Gasteiger partial charge is 0.410 e. The maximum absolute atomic E-state index is 13.2. The van der Waals surface area contributed by atoms with Crippen molar-refractivity contribution >= 4 is 34.5 Å². The lowest BCUT2D eigenvalue weighted by atomic mass is 9.95. The Morgan fingerprint density at radius 3 is 2.41 bits per heavy atom. The van der Waals surface area contributed by atoms with Gasteiger partial charge in [-0.3, -0.25) is 14.8 Å². The predicted octanol–water partition coefficient (Wildman–Crippen LogP) is 6.80. The first kappa shape index (κ1) is 32.8. The van der Waals surface area contributed by atoms with Crippen LogP contribution in [0.3, 0.4) is 0 Å². The van der Waals surface area contributed by atoms with E-state index < -0.39 is 5.60 Å². The molecular formula is C37H47ClN6O5. The molecular weight excluding hydrogens is 644 g/mol. The van der Waals surface area contributed by atoms with Crippen molar-refractivity contribution in [2.75, 3.05) is 51.6 Å². The summed E-state index contributed by atoms with van der Waals surface area (Å²) in [7, 11) is 1.60. The lowest BCUT2D eigenvalue weighted by Gasteiger charge is -2.41. The van der Waals surface area contributed by atoms with Crippen LogP contribution in [0.4, 0.5) is 10.6 Å². The van der Waals surface area contributed by atoms with Crippen molar-refractivity contribution in [3.63, 3.8) is 0 Å². The minimum Gasteiger partial charge on any atom is -0.467 e. The van der Waals surface area contributed by atoms with Crippen LogP contribution in [0.1, 0.15) is 83.6 Å². The van der Waals surface area contributed by atoms with Gasteiger partial charge in [-0.2, -0.15) is 9.97 Å². The number of aromatic nitrogens is 3. The number of fused-ring (bicyclic) bond motifs is 4. The molecule has 8 rings (SSSR count). The fraction of sp³-hybridized carbons (Fsp3) is 0.622. The van der Waals surface area contributed by atoms with Crippen molar-refractivity contribution in [2.45, 2.75) is 101 Å². The molecule has 1 aliphatic carbocycles. The highest BCUT2D eigenvalue weighted by Gasteiger charge is 2.46. The largest absolute Gasteiger partial charge is 0.467 e. The first-order valence-electron chi connectivity index (χ1n) is 17.9. The number of rotatable bonds is 9. The van der Waals surface area contributed by atoms with Crippen LogP contribution < -0.4 is 14.4 Å². The van der Waals surface area contributed by atoms with E-state index in [2.05, 4.69) is 15.9 Å². The molecule has 2 aromatic heterocycles. The number of halogens is 1. The van der Waals surface area contributed by atoms with Gasteiger partial charge in [-0.25, -0.2) is 4.79 Å². The number of anilines is 1. The normalized spacial score (nSPS) is 23.3. The van der Waals surface area contributed by atoms with Gasteiger partial charge in [-0.15, -0.1) is 0 Å². The van der Waals surface area contributed by atoms with Crippen molar-refractivity contribution in [1.82, 2.24) is 24.8 Å². The Bertz CT molecular complexity index is 1720. The molecule has 12 heteroatoms. The summed E-state index contributed by atoms with van der Waals surface area (Å²) in [6, 6.07) is 6.42. The fourth-order valence-electron chi connectivity index (χ4n) is 8.59. The molecule has 11 nitrogen and oxygen atoms in total. The van der Waals surface area contributed by atoms with Crippen LogP contribution in [0.5, 0.6) is 11.8 Å². The van der Waals surface area contributed by atoms with Gasteiger partial charge in [0.15, 0.2) is 12.6 Å². The van der Waals surface area contributed by atoms with Gasteiger partial charge in [0.25, 0.3) is 0 Å². The van der Waals surface area contributed by atoms with Gasteiger partial charge in [-0.1, -0.05) is 11.6 Å². The molecule has 0 radical (unpaired) electrons. The van der Waals surface area contributed by atoms with Crippen LogP contribution in [-0.2, 0) is 9.47 Å². The molecule has 0 unspecified atom stereocenters. The molecule has 2 atom stereocenters.